The second-order valence-electron chi connectivity index (χ2n) is 3.44. The van der Waals surface area contributed by atoms with E-state index < -0.39 is 0 Å². The zero-order valence-corrected chi connectivity index (χ0v) is 9.25. The van der Waals surface area contributed by atoms with Crippen molar-refractivity contribution in [1.82, 2.24) is 0 Å². The highest BCUT2D eigenvalue weighted by atomic mass is 16.5. The third-order valence-electron chi connectivity index (χ3n) is 2.39. The molecule has 0 spiro atoms. The zero-order chi connectivity index (χ0) is 11.3. The van der Waals surface area contributed by atoms with Gasteiger partial charge >= 0.3 is 5.97 Å². The van der Waals surface area contributed by atoms with Gasteiger partial charge in [0.05, 0.1) is 6.61 Å². The molecule has 0 heterocycles. The highest BCUT2D eigenvalue weighted by Gasteiger charge is 2.05. The fourth-order valence-electron chi connectivity index (χ4n) is 1.44. The van der Waals surface area contributed by atoms with Crippen LogP contribution >= 0.6 is 0 Å². The lowest BCUT2D eigenvalue weighted by Gasteiger charge is -2.07. The van der Waals surface area contributed by atoms with Crippen LogP contribution in [0.4, 0.5) is 5.69 Å². The Morgan fingerprint density at radius 1 is 1.47 bits per heavy atom. The highest BCUT2D eigenvalue weighted by Crippen LogP contribution is 2.16. The van der Waals surface area contributed by atoms with E-state index >= 15 is 0 Å². The Kier molecular flexibility index (Phi) is 4.16. The van der Waals surface area contributed by atoms with Crippen molar-refractivity contribution in [2.24, 2.45) is 0 Å². The van der Waals surface area contributed by atoms with E-state index in [9.17, 15) is 4.79 Å². The molecule has 2 N–H and O–H groups in total. The quantitative estimate of drug-likeness (QED) is 0.607. The fraction of sp³-hybridized carbons (Fsp3) is 0.417. The Bertz CT molecular complexity index is 347. The smallest absolute Gasteiger partial charge is 0.306 e. The largest absolute Gasteiger partial charge is 0.466 e. The summed E-state index contributed by atoms with van der Waals surface area (Å²) in [6, 6.07) is 5.76. The van der Waals surface area contributed by atoms with Crippen LogP contribution < -0.4 is 5.73 Å². The Balaban J connectivity index is 2.58. The van der Waals surface area contributed by atoms with Crippen LogP contribution in [0.2, 0.25) is 0 Å². The first kappa shape index (κ1) is 11.6. The number of nitrogen functional groups attached to an aromatic ring is 1. The van der Waals surface area contributed by atoms with Crippen LogP contribution in [0.1, 0.15) is 24.5 Å². The summed E-state index contributed by atoms with van der Waals surface area (Å²) < 4.78 is 4.86. The molecule has 0 atom stereocenters. The molecule has 0 aliphatic carbocycles. The Labute approximate surface area is 90.2 Å². The predicted octanol–water partition coefficient (Wildman–Crippen LogP) is 2.07. The molecule has 0 aromatic heterocycles. The van der Waals surface area contributed by atoms with Crippen molar-refractivity contribution in [3.63, 3.8) is 0 Å². The van der Waals surface area contributed by atoms with Gasteiger partial charge in [-0.15, -0.1) is 0 Å². The predicted molar refractivity (Wildman–Crippen MR) is 60.5 cm³/mol. The third-order valence-corrected chi connectivity index (χ3v) is 2.39. The third kappa shape index (κ3) is 3.27. The van der Waals surface area contributed by atoms with Gasteiger partial charge in [0.2, 0.25) is 0 Å². The molecule has 0 bridgehead atoms. The van der Waals surface area contributed by atoms with E-state index in [0.29, 0.717) is 19.4 Å². The number of ether oxygens (including phenoxy) is 1. The van der Waals surface area contributed by atoms with Crippen LogP contribution in [0.5, 0.6) is 0 Å². The highest BCUT2D eigenvalue weighted by molar-refractivity contribution is 5.69. The fourth-order valence-corrected chi connectivity index (χ4v) is 1.44. The van der Waals surface area contributed by atoms with Crippen LogP contribution in [0, 0.1) is 6.92 Å². The minimum Gasteiger partial charge on any atom is -0.466 e. The molecule has 3 nitrogen and oxygen atoms in total. The van der Waals surface area contributed by atoms with Gasteiger partial charge in [0, 0.05) is 12.1 Å². The maximum Gasteiger partial charge on any atom is 0.306 e. The number of aryl methyl sites for hydroxylation is 1. The molecule has 0 saturated carbocycles. The van der Waals surface area contributed by atoms with E-state index in [-0.39, 0.29) is 5.97 Å². The molecule has 0 amide bonds. The van der Waals surface area contributed by atoms with Crippen molar-refractivity contribution in [1.29, 1.82) is 0 Å². The molecule has 1 aromatic carbocycles. The molecular formula is C12H17NO2. The molecule has 0 unspecified atom stereocenters. The molecule has 0 aliphatic heterocycles. The zero-order valence-electron chi connectivity index (χ0n) is 9.25. The average Bonchev–Trinajstić information content (AvgIpc) is 2.21. The number of nitrogens with two attached hydrogens (primary N) is 1. The summed E-state index contributed by atoms with van der Waals surface area (Å²) in [6.07, 6.45) is 1.10. The number of hydrogen-bond acceptors (Lipinski definition) is 3. The van der Waals surface area contributed by atoms with Gasteiger partial charge in [-0.25, -0.2) is 0 Å². The number of carbonyl (C=O) groups excluding carboxylic acids is 1. The molecule has 82 valence electrons. The molecule has 0 aliphatic rings. The number of hydrogen-bond donors (Lipinski definition) is 1. The van der Waals surface area contributed by atoms with Gasteiger partial charge in [0.1, 0.15) is 0 Å². The minimum atomic E-state index is -0.153. The number of carbonyl (C=O) groups is 1. The second-order valence-corrected chi connectivity index (χ2v) is 3.44. The Morgan fingerprint density at radius 2 is 2.20 bits per heavy atom. The molecule has 1 aromatic rings. The molecule has 3 heteroatoms. The van der Waals surface area contributed by atoms with E-state index in [0.717, 1.165) is 16.8 Å². The minimum absolute atomic E-state index is 0.153. The van der Waals surface area contributed by atoms with E-state index in [1.807, 2.05) is 32.0 Å². The molecular weight excluding hydrogens is 190 g/mol. The van der Waals surface area contributed by atoms with E-state index in [2.05, 4.69) is 0 Å². The average molecular weight is 207 g/mol. The molecule has 0 radical (unpaired) electrons. The summed E-state index contributed by atoms with van der Waals surface area (Å²) in [6.45, 7) is 4.22. The summed E-state index contributed by atoms with van der Waals surface area (Å²) >= 11 is 0. The van der Waals surface area contributed by atoms with E-state index in [4.69, 9.17) is 10.5 Å². The first-order valence-corrected chi connectivity index (χ1v) is 5.14. The van der Waals surface area contributed by atoms with Crippen molar-refractivity contribution < 1.29 is 9.53 Å². The summed E-state index contributed by atoms with van der Waals surface area (Å²) in [5.41, 5.74) is 8.72. The number of anilines is 1. The summed E-state index contributed by atoms with van der Waals surface area (Å²) in [5, 5.41) is 0. The van der Waals surface area contributed by atoms with Gasteiger partial charge in [0.15, 0.2) is 0 Å². The van der Waals surface area contributed by atoms with Crippen molar-refractivity contribution in [2.45, 2.75) is 26.7 Å². The van der Waals surface area contributed by atoms with Crippen LogP contribution in [0.25, 0.3) is 0 Å². The van der Waals surface area contributed by atoms with Gasteiger partial charge in [0.25, 0.3) is 0 Å². The summed E-state index contributed by atoms with van der Waals surface area (Å²) in [5.74, 6) is -0.153. The molecule has 15 heavy (non-hydrogen) atoms. The Hall–Kier alpha value is -1.51. The standard InChI is InChI=1S/C12H17NO2/c1-3-15-12(14)8-7-10-5-4-6-11(13)9(10)2/h4-6H,3,7-8,13H2,1-2H3. The normalized spacial score (nSPS) is 10.0. The van der Waals surface area contributed by atoms with Gasteiger partial charge in [-0.1, -0.05) is 12.1 Å². The van der Waals surface area contributed by atoms with Crippen molar-refractivity contribution in [3.05, 3.63) is 29.3 Å². The Morgan fingerprint density at radius 3 is 2.87 bits per heavy atom. The monoisotopic (exact) mass is 207 g/mol. The molecule has 0 saturated heterocycles. The van der Waals surface area contributed by atoms with Crippen molar-refractivity contribution in [2.75, 3.05) is 12.3 Å². The van der Waals surface area contributed by atoms with Gasteiger partial charge < -0.3 is 10.5 Å². The van der Waals surface area contributed by atoms with Crippen molar-refractivity contribution >= 4 is 11.7 Å². The first-order chi connectivity index (χ1) is 7.15. The maximum atomic E-state index is 11.2. The maximum absolute atomic E-state index is 11.2. The van der Waals surface area contributed by atoms with Gasteiger partial charge in [-0.2, -0.15) is 0 Å². The topological polar surface area (TPSA) is 52.3 Å². The van der Waals surface area contributed by atoms with Crippen LogP contribution in [-0.2, 0) is 16.0 Å². The molecule has 1 rings (SSSR count). The summed E-state index contributed by atoms with van der Waals surface area (Å²) in [4.78, 5) is 11.2. The summed E-state index contributed by atoms with van der Waals surface area (Å²) in [7, 11) is 0. The lowest BCUT2D eigenvalue weighted by atomic mass is 10.0. The van der Waals surface area contributed by atoms with Gasteiger partial charge in [-0.05, 0) is 37.5 Å². The lowest BCUT2D eigenvalue weighted by Crippen LogP contribution is -2.06. The van der Waals surface area contributed by atoms with Crippen LogP contribution in [-0.4, -0.2) is 12.6 Å². The number of benzene rings is 1. The van der Waals surface area contributed by atoms with Crippen LogP contribution in [0.3, 0.4) is 0 Å². The number of rotatable bonds is 4. The van der Waals surface area contributed by atoms with Gasteiger partial charge in [-0.3, -0.25) is 4.79 Å². The van der Waals surface area contributed by atoms with Crippen LogP contribution in [0.15, 0.2) is 18.2 Å². The first-order valence-electron chi connectivity index (χ1n) is 5.14. The number of esters is 1. The van der Waals surface area contributed by atoms with E-state index in [1.54, 1.807) is 0 Å². The SMILES string of the molecule is CCOC(=O)CCc1cccc(N)c1C. The second kappa shape index (κ2) is 5.39. The molecule has 0 fully saturated rings. The van der Waals surface area contributed by atoms with Crippen molar-refractivity contribution in [3.8, 4) is 0 Å². The lowest BCUT2D eigenvalue weighted by molar-refractivity contribution is -0.143. The van der Waals surface area contributed by atoms with E-state index in [1.165, 1.54) is 0 Å².